The summed E-state index contributed by atoms with van der Waals surface area (Å²) in [6.45, 7) is 46.4. The van der Waals surface area contributed by atoms with Crippen LogP contribution in [0.15, 0.2) is 158 Å². The van der Waals surface area contributed by atoms with Crippen LogP contribution in [0, 0.1) is 27.7 Å². The van der Waals surface area contributed by atoms with Gasteiger partial charge in [0, 0.05) is 59.3 Å². The summed E-state index contributed by atoms with van der Waals surface area (Å²) in [5.41, 5.74) is 22.0. The topological polar surface area (TPSA) is 46.9 Å². The first-order chi connectivity index (χ1) is 38.2. The standard InChI is InChI=1S/C64H80N2O2.2C7H7.Ti/c1-39-29-41(57(67)55(31-39)63(15)51-23-19-43(59(3,4)5)33-47(51)48-34-44(60(6,7)8)20-24-52(48)63)37-66(28-27-65(17)18)38-42-30-40(2)32-56(58(42)68)64(16)53-25-21-45(61(9,10)11)35-49(53)50-36-46(62(12,13)14)22-26-54(50)64;2*1-7-5-3-2-4-6-7;/h19-26,29-36,67-68H,27-28,37-38H2,1-18H3;2*2-6H,1H2;/q;2*-1;+3. The number of hydrogen-bond donors (Lipinski definition) is 2. The first kappa shape index (κ1) is 64.3. The molecule has 2 aliphatic carbocycles. The molecule has 0 bridgehead atoms. The Morgan fingerprint density at radius 2 is 0.663 bits per heavy atom. The number of rotatable bonds is 9. The molecule has 8 aromatic rings. The maximum Gasteiger partial charge on any atom is 3.00 e. The number of benzene rings is 8. The van der Waals surface area contributed by atoms with Gasteiger partial charge in [-0.3, -0.25) is 4.90 Å². The quantitative estimate of drug-likeness (QED) is 0.112. The Morgan fingerprint density at radius 3 is 0.892 bits per heavy atom. The van der Waals surface area contributed by atoms with Crippen molar-refractivity contribution < 1.29 is 31.9 Å². The molecule has 0 heterocycles. The fraction of sp³-hybridized carbons (Fsp3) is 0.359. The summed E-state index contributed by atoms with van der Waals surface area (Å²) in [4.78, 5) is 4.62. The minimum Gasteiger partial charge on any atom is -0.507 e. The molecule has 0 fully saturated rings. The minimum atomic E-state index is -0.578. The van der Waals surface area contributed by atoms with E-state index in [4.69, 9.17) is 0 Å². The van der Waals surface area contributed by atoms with Gasteiger partial charge in [-0.05, 0) is 130 Å². The fourth-order valence-corrected chi connectivity index (χ4v) is 12.3. The summed E-state index contributed by atoms with van der Waals surface area (Å²) in [6.07, 6.45) is 0. The molecule has 0 unspecified atom stereocenters. The average molecular weight is 1140 g/mol. The van der Waals surface area contributed by atoms with Crippen LogP contribution >= 0.6 is 0 Å². The molecule has 431 valence electrons. The molecule has 0 aromatic heterocycles. The summed E-state index contributed by atoms with van der Waals surface area (Å²) in [5, 5.41) is 25.6. The molecule has 1 radical (unpaired) electrons. The molecular weight excluding hydrogens is 1040 g/mol. The van der Waals surface area contributed by atoms with Gasteiger partial charge in [-0.15, -0.1) is 24.3 Å². The molecule has 2 aliphatic rings. The van der Waals surface area contributed by atoms with E-state index in [1.54, 1.807) is 0 Å². The van der Waals surface area contributed by atoms with Crippen LogP contribution in [-0.2, 0) is 67.3 Å². The predicted octanol–water partition coefficient (Wildman–Crippen LogP) is 18.9. The van der Waals surface area contributed by atoms with Gasteiger partial charge in [-0.2, -0.15) is 49.2 Å². The van der Waals surface area contributed by atoms with Crippen molar-refractivity contribution >= 4 is 0 Å². The van der Waals surface area contributed by atoms with E-state index < -0.39 is 10.8 Å². The third-order valence-corrected chi connectivity index (χ3v) is 17.4. The summed E-state index contributed by atoms with van der Waals surface area (Å²) < 4.78 is 0. The Balaban J connectivity index is 0.000000577. The molecular formula is C78H94N2O2Ti+. The Labute approximate surface area is 516 Å². The van der Waals surface area contributed by atoms with Crippen molar-refractivity contribution in [2.45, 2.75) is 156 Å². The molecule has 5 heteroatoms. The Hall–Kier alpha value is -6.27. The van der Waals surface area contributed by atoms with Gasteiger partial charge < -0.3 is 15.1 Å². The second kappa shape index (κ2) is 24.4. The van der Waals surface area contributed by atoms with Crippen LogP contribution in [-0.4, -0.2) is 47.2 Å². The Kier molecular flexibility index (Phi) is 18.9. The van der Waals surface area contributed by atoms with E-state index in [1.165, 1.54) is 66.8 Å². The van der Waals surface area contributed by atoms with Crippen LogP contribution in [0.3, 0.4) is 0 Å². The van der Waals surface area contributed by atoms with Gasteiger partial charge in [0.2, 0.25) is 0 Å². The molecule has 10 rings (SSSR count). The number of likely N-dealkylation sites (N-methyl/N-ethyl adjacent to an activating group) is 1. The van der Waals surface area contributed by atoms with E-state index in [1.807, 2.05) is 60.7 Å². The fourth-order valence-electron chi connectivity index (χ4n) is 12.3. The van der Waals surface area contributed by atoms with Gasteiger partial charge in [0.15, 0.2) is 0 Å². The number of phenolic OH excluding ortho intramolecular Hbond substituents is 2. The van der Waals surface area contributed by atoms with Gasteiger partial charge in [0.05, 0.1) is 0 Å². The maximum atomic E-state index is 12.8. The first-order valence-electron chi connectivity index (χ1n) is 29.6. The van der Waals surface area contributed by atoms with Gasteiger partial charge in [-0.1, -0.05) is 203 Å². The van der Waals surface area contributed by atoms with Gasteiger partial charge in [-0.25, -0.2) is 0 Å². The van der Waals surface area contributed by atoms with Crippen molar-refractivity contribution in [2.24, 2.45) is 0 Å². The monoisotopic (exact) mass is 1140 g/mol. The molecule has 0 aliphatic heterocycles. The molecule has 0 amide bonds. The average Bonchev–Trinajstić information content (AvgIpc) is 3.18. The number of aromatic hydroxyl groups is 2. The van der Waals surface area contributed by atoms with Crippen molar-refractivity contribution in [3.63, 3.8) is 0 Å². The maximum absolute atomic E-state index is 12.8. The smallest absolute Gasteiger partial charge is 0.507 e. The molecule has 83 heavy (non-hydrogen) atoms. The van der Waals surface area contributed by atoms with E-state index in [0.717, 1.165) is 57.6 Å². The molecule has 8 aromatic carbocycles. The van der Waals surface area contributed by atoms with E-state index in [9.17, 15) is 10.2 Å². The number of fused-ring (bicyclic) bond motifs is 6. The molecule has 0 atom stereocenters. The van der Waals surface area contributed by atoms with Crippen LogP contribution in [0.25, 0.3) is 22.3 Å². The summed E-state index contributed by atoms with van der Waals surface area (Å²) in [6, 6.07) is 56.6. The largest absolute Gasteiger partial charge is 3.00 e. The number of hydrogen-bond acceptors (Lipinski definition) is 4. The molecule has 2 N–H and O–H groups in total. The third kappa shape index (κ3) is 13.5. The second-order valence-corrected chi connectivity index (χ2v) is 28.4. The molecule has 0 spiro atoms. The van der Waals surface area contributed by atoms with Crippen LogP contribution in [0.2, 0.25) is 0 Å². The van der Waals surface area contributed by atoms with Crippen molar-refractivity contribution in [1.82, 2.24) is 9.80 Å². The summed E-state index contributed by atoms with van der Waals surface area (Å²) in [5.74, 6) is 0.688. The van der Waals surface area contributed by atoms with E-state index in [0.29, 0.717) is 24.6 Å². The van der Waals surface area contributed by atoms with E-state index in [2.05, 4.69) is 246 Å². The van der Waals surface area contributed by atoms with E-state index in [-0.39, 0.29) is 43.4 Å². The zero-order valence-electron chi connectivity index (χ0n) is 53.5. The van der Waals surface area contributed by atoms with Crippen molar-refractivity contribution in [3.8, 4) is 33.8 Å². The predicted molar refractivity (Wildman–Crippen MR) is 350 cm³/mol. The van der Waals surface area contributed by atoms with Crippen LogP contribution < -0.4 is 0 Å². The van der Waals surface area contributed by atoms with Crippen molar-refractivity contribution in [1.29, 1.82) is 0 Å². The Morgan fingerprint density at radius 1 is 0.386 bits per heavy atom. The first-order valence-corrected chi connectivity index (χ1v) is 29.6. The molecule has 0 saturated heterocycles. The molecule has 4 nitrogen and oxygen atoms in total. The third-order valence-electron chi connectivity index (χ3n) is 17.4. The van der Waals surface area contributed by atoms with Crippen LogP contribution in [0.4, 0.5) is 0 Å². The second-order valence-electron chi connectivity index (χ2n) is 28.4. The van der Waals surface area contributed by atoms with E-state index >= 15 is 0 Å². The van der Waals surface area contributed by atoms with Gasteiger partial charge >= 0.3 is 21.7 Å². The van der Waals surface area contributed by atoms with Crippen molar-refractivity contribution in [2.75, 3.05) is 27.2 Å². The Bertz CT molecular complexity index is 3220. The van der Waals surface area contributed by atoms with Gasteiger partial charge in [0.25, 0.3) is 0 Å². The molecule has 0 saturated carbocycles. The zero-order chi connectivity index (χ0) is 60.1. The number of phenols is 2. The summed E-state index contributed by atoms with van der Waals surface area (Å²) in [7, 11) is 4.22. The van der Waals surface area contributed by atoms with Crippen LogP contribution in [0.5, 0.6) is 11.5 Å². The zero-order valence-corrected chi connectivity index (χ0v) is 55.1. The minimum absolute atomic E-state index is 0. The normalized spacial score (nSPS) is 13.9. The van der Waals surface area contributed by atoms with Crippen molar-refractivity contribution in [3.05, 3.63) is 261 Å². The SMILES string of the molecule is Cc1cc(CN(CCN(C)C)Cc2cc(C)cc(C3(C)c4ccc(C(C)(C)C)cc4-c4cc(C(C)(C)C)ccc43)c2O)c(O)c(C2(C)c3ccc(C(C)(C)C)cc3-c3cc(C(C)(C)C)ccc32)c1.[CH2-]c1ccccc1.[CH2-]c1ccccc1.[Ti+3]. The number of nitrogens with zero attached hydrogens (tertiary/aromatic N) is 2. The van der Waals surface area contributed by atoms with Crippen LogP contribution in [0.1, 0.15) is 186 Å². The number of aryl methyl sites for hydroxylation is 2. The van der Waals surface area contributed by atoms with Gasteiger partial charge in [0.1, 0.15) is 11.5 Å². The summed E-state index contributed by atoms with van der Waals surface area (Å²) >= 11 is 0.